The van der Waals surface area contributed by atoms with E-state index in [2.05, 4.69) is 5.32 Å². The first-order valence-corrected chi connectivity index (χ1v) is 5.78. The van der Waals surface area contributed by atoms with Gasteiger partial charge in [-0.3, -0.25) is 0 Å². The second-order valence-corrected chi connectivity index (χ2v) is 5.37. The molecule has 1 fully saturated rings. The van der Waals surface area contributed by atoms with Gasteiger partial charge >= 0.3 is 57.5 Å². The van der Waals surface area contributed by atoms with E-state index >= 15 is 0 Å². The van der Waals surface area contributed by atoms with Crippen molar-refractivity contribution in [2.45, 2.75) is 58.6 Å². The van der Waals surface area contributed by atoms with Gasteiger partial charge < -0.3 is 22.3 Å². The van der Waals surface area contributed by atoms with E-state index in [1.807, 2.05) is 27.1 Å². The van der Waals surface area contributed by atoms with Crippen molar-refractivity contribution < 1.29 is 65.7 Å². The van der Waals surface area contributed by atoms with Gasteiger partial charge in [-0.1, -0.05) is 26.8 Å². The molecule has 0 bridgehead atoms. The van der Waals surface area contributed by atoms with Crippen molar-refractivity contribution in [2.24, 2.45) is 5.41 Å². The van der Waals surface area contributed by atoms with E-state index in [4.69, 9.17) is 4.74 Å². The average Bonchev–Trinajstić information content (AvgIpc) is 2.64. The number of nitrogens with one attached hydrogen (secondary N) is 1. The summed E-state index contributed by atoms with van der Waals surface area (Å²) in [6, 6.07) is -0.624. The van der Waals surface area contributed by atoms with Crippen LogP contribution in [0.4, 0.5) is 4.79 Å². The maximum Gasteiger partial charge on any atom is 1.00 e. The van der Waals surface area contributed by atoms with Gasteiger partial charge in [-0.05, 0) is 31.1 Å². The Kier molecular flexibility index (Phi) is 11.0. The van der Waals surface area contributed by atoms with Gasteiger partial charge in [-0.2, -0.15) is 0 Å². The number of hydrogen-bond donors (Lipinski definition) is 1. The Morgan fingerprint density at radius 2 is 1.83 bits per heavy atom. The standard InChI is InChI=1S/C12H20NO3.CH3.K/c1-12(2,3)10(8-14)13-11(15)16-9-6-4-5-7-9;;/h9-10H,4-7H2,1-3H3,(H,13,15);1H3;/q2*-1;+1. The van der Waals surface area contributed by atoms with E-state index in [-0.39, 0.29) is 70.3 Å². The third-order valence-corrected chi connectivity index (χ3v) is 2.82. The molecule has 1 aliphatic rings. The number of ether oxygens (including phenoxy) is 1. The van der Waals surface area contributed by atoms with Crippen molar-refractivity contribution in [1.29, 1.82) is 0 Å². The molecule has 1 aliphatic carbocycles. The van der Waals surface area contributed by atoms with Crippen LogP contribution in [0.25, 0.3) is 0 Å². The minimum Gasteiger partial charge on any atom is -0.540 e. The molecule has 1 atom stereocenters. The van der Waals surface area contributed by atoms with Crippen LogP contribution in [0, 0.1) is 12.8 Å². The fraction of sp³-hybridized carbons (Fsp3) is 0.769. The SMILES string of the molecule is CC(C)(C)C([C-]=O)NC(=O)OC1CCCC1.[CH3-].[K+]. The van der Waals surface area contributed by atoms with E-state index in [9.17, 15) is 9.59 Å². The van der Waals surface area contributed by atoms with E-state index in [1.54, 1.807) is 0 Å². The fourth-order valence-electron chi connectivity index (χ4n) is 1.73. The molecule has 1 rings (SSSR count). The minimum absolute atomic E-state index is 0. The van der Waals surface area contributed by atoms with Crippen molar-refractivity contribution >= 4 is 12.4 Å². The fourth-order valence-corrected chi connectivity index (χ4v) is 1.73. The second-order valence-electron chi connectivity index (χ2n) is 5.37. The molecule has 1 N–H and O–H groups in total. The summed E-state index contributed by atoms with van der Waals surface area (Å²) < 4.78 is 5.21. The van der Waals surface area contributed by atoms with Crippen molar-refractivity contribution in [2.75, 3.05) is 0 Å². The number of rotatable bonds is 3. The van der Waals surface area contributed by atoms with Crippen LogP contribution in [-0.4, -0.2) is 24.5 Å². The summed E-state index contributed by atoms with van der Waals surface area (Å²) in [4.78, 5) is 22.2. The molecule has 18 heavy (non-hydrogen) atoms. The largest absolute Gasteiger partial charge is 1.00 e. The zero-order valence-electron chi connectivity index (χ0n) is 12.2. The minimum atomic E-state index is -0.624. The molecular formula is C13H23KNO3-. The molecule has 1 amide bonds. The van der Waals surface area contributed by atoms with Crippen LogP contribution in [-0.2, 0) is 9.53 Å². The average molecular weight is 280 g/mol. The molecule has 1 unspecified atom stereocenters. The van der Waals surface area contributed by atoms with Gasteiger partial charge in [0.05, 0.1) is 0 Å². The molecule has 0 aromatic rings. The van der Waals surface area contributed by atoms with Crippen molar-refractivity contribution in [3.05, 3.63) is 7.43 Å². The molecule has 0 radical (unpaired) electrons. The molecule has 4 nitrogen and oxygen atoms in total. The monoisotopic (exact) mass is 280 g/mol. The number of carbonyl (C=O) groups excluding carboxylic acids is 2. The van der Waals surface area contributed by atoms with E-state index < -0.39 is 12.1 Å². The number of carbonyl (C=O) groups is 1. The molecule has 0 aromatic carbocycles. The second kappa shape index (κ2) is 9.48. The molecule has 5 heteroatoms. The first kappa shape index (κ1) is 20.9. The summed E-state index contributed by atoms with van der Waals surface area (Å²) in [5, 5.41) is 2.55. The first-order valence-electron chi connectivity index (χ1n) is 5.78. The maximum absolute atomic E-state index is 11.5. The summed E-state index contributed by atoms with van der Waals surface area (Å²) in [5.41, 5.74) is -0.337. The third kappa shape index (κ3) is 7.24. The quantitative estimate of drug-likeness (QED) is 0.567. The Morgan fingerprint density at radius 1 is 1.33 bits per heavy atom. The van der Waals surface area contributed by atoms with Crippen LogP contribution in [0.5, 0.6) is 0 Å². The van der Waals surface area contributed by atoms with Gasteiger partial charge in [0.2, 0.25) is 0 Å². The molecule has 100 valence electrons. The Morgan fingerprint density at radius 3 is 2.22 bits per heavy atom. The van der Waals surface area contributed by atoms with Crippen LogP contribution >= 0.6 is 0 Å². The zero-order valence-corrected chi connectivity index (χ0v) is 15.3. The van der Waals surface area contributed by atoms with Gasteiger partial charge in [-0.25, -0.2) is 11.1 Å². The van der Waals surface area contributed by atoms with Gasteiger partial charge in [0.1, 0.15) is 6.10 Å². The maximum atomic E-state index is 11.5. The van der Waals surface area contributed by atoms with E-state index in [0.29, 0.717) is 0 Å². The van der Waals surface area contributed by atoms with Gasteiger partial charge in [0.25, 0.3) is 0 Å². The summed E-state index contributed by atoms with van der Waals surface area (Å²) in [6.45, 7) is 5.62. The van der Waals surface area contributed by atoms with Crippen LogP contribution in [0.3, 0.4) is 0 Å². The van der Waals surface area contributed by atoms with Crippen molar-refractivity contribution in [3.8, 4) is 0 Å². The van der Waals surface area contributed by atoms with Crippen LogP contribution in [0.15, 0.2) is 0 Å². The number of hydrogen-bond acceptors (Lipinski definition) is 3. The summed E-state index contributed by atoms with van der Waals surface area (Å²) in [6.07, 6.45) is 5.43. The van der Waals surface area contributed by atoms with Crippen molar-refractivity contribution in [3.63, 3.8) is 0 Å². The molecule has 1 saturated carbocycles. The Bertz CT molecular complexity index is 257. The van der Waals surface area contributed by atoms with Crippen molar-refractivity contribution in [1.82, 2.24) is 5.32 Å². The predicted molar refractivity (Wildman–Crippen MR) is 67.2 cm³/mol. The van der Waals surface area contributed by atoms with Gasteiger partial charge in [0.15, 0.2) is 0 Å². The van der Waals surface area contributed by atoms with Crippen LogP contribution in [0.1, 0.15) is 46.5 Å². The Labute approximate surface area is 153 Å². The molecule has 0 spiro atoms. The smallest absolute Gasteiger partial charge is 0.540 e. The first-order chi connectivity index (χ1) is 7.43. The number of alkyl carbamates (subject to hydrolysis) is 1. The molecule has 0 saturated heterocycles. The third-order valence-electron chi connectivity index (χ3n) is 2.82. The molecule has 0 heterocycles. The van der Waals surface area contributed by atoms with E-state index in [1.165, 1.54) is 0 Å². The van der Waals surface area contributed by atoms with E-state index in [0.717, 1.165) is 25.7 Å². The van der Waals surface area contributed by atoms with Gasteiger partial charge in [-0.15, -0.1) is 0 Å². The molecular weight excluding hydrogens is 257 g/mol. The Hall–Kier alpha value is 0.576. The molecule has 0 aliphatic heterocycles. The summed E-state index contributed by atoms with van der Waals surface area (Å²) >= 11 is 0. The normalized spacial score (nSPS) is 17.1. The summed E-state index contributed by atoms with van der Waals surface area (Å²) in [5.74, 6) is 0. The predicted octanol–water partition coefficient (Wildman–Crippen LogP) is -0.366. The number of amides is 1. The topological polar surface area (TPSA) is 55.4 Å². The van der Waals surface area contributed by atoms with Gasteiger partial charge in [0, 0.05) is 0 Å². The van der Waals surface area contributed by atoms with Crippen LogP contribution in [0.2, 0.25) is 0 Å². The molecule has 0 aromatic heterocycles. The van der Waals surface area contributed by atoms with Crippen LogP contribution < -0.4 is 56.7 Å². The zero-order chi connectivity index (χ0) is 12.2. The summed E-state index contributed by atoms with van der Waals surface area (Å²) in [7, 11) is 0. The Balaban J connectivity index is 0.